The van der Waals surface area contributed by atoms with Gasteiger partial charge in [0.25, 0.3) is 0 Å². The molecule has 5 nitrogen and oxygen atoms in total. The standard InChI is InChI=1S/C21H25NO4/c1-4-15-20(21(24)26-5-2)18(13-9-11-14(25-3)12-10-13)19-16(22-15)7-6-8-17(19)23/h9-12,18,20H,4-8H2,1-3H3/t18-,20?/m0/s1. The van der Waals surface area contributed by atoms with Crippen LogP contribution in [0.1, 0.15) is 51.0 Å². The molecule has 1 heterocycles. The number of nitrogens with zero attached hydrogens (tertiary/aromatic N) is 1. The lowest BCUT2D eigenvalue weighted by atomic mass is 9.71. The molecule has 0 N–H and O–H groups in total. The molecule has 2 aliphatic rings. The highest BCUT2D eigenvalue weighted by atomic mass is 16.5. The van der Waals surface area contributed by atoms with Gasteiger partial charge in [-0.3, -0.25) is 14.6 Å². The third-order valence-corrected chi connectivity index (χ3v) is 5.09. The van der Waals surface area contributed by atoms with Crippen molar-refractivity contribution in [2.75, 3.05) is 13.7 Å². The molecule has 26 heavy (non-hydrogen) atoms. The fourth-order valence-electron chi connectivity index (χ4n) is 3.89. The zero-order valence-electron chi connectivity index (χ0n) is 15.6. The maximum absolute atomic E-state index is 12.8. The highest BCUT2D eigenvalue weighted by Crippen LogP contribution is 2.44. The summed E-state index contributed by atoms with van der Waals surface area (Å²) in [5.74, 6) is -0.353. The van der Waals surface area contributed by atoms with Gasteiger partial charge in [-0.15, -0.1) is 0 Å². The summed E-state index contributed by atoms with van der Waals surface area (Å²) in [5, 5.41) is 0. The van der Waals surface area contributed by atoms with Crippen molar-refractivity contribution in [2.24, 2.45) is 10.9 Å². The van der Waals surface area contributed by atoms with E-state index in [1.54, 1.807) is 14.0 Å². The van der Waals surface area contributed by atoms with Crippen LogP contribution in [-0.4, -0.2) is 31.2 Å². The molecule has 1 aliphatic carbocycles. The second-order valence-corrected chi connectivity index (χ2v) is 6.57. The maximum Gasteiger partial charge on any atom is 0.315 e. The van der Waals surface area contributed by atoms with Gasteiger partial charge in [0.1, 0.15) is 11.7 Å². The summed E-state index contributed by atoms with van der Waals surface area (Å²) in [4.78, 5) is 30.3. The number of benzene rings is 1. The van der Waals surface area contributed by atoms with Gasteiger partial charge in [-0.25, -0.2) is 0 Å². The van der Waals surface area contributed by atoms with Crippen LogP contribution in [0, 0.1) is 5.92 Å². The van der Waals surface area contributed by atoms with Gasteiger partial charge >= 0.3 is 5.97 Å². The molecule has 0 saturated heterocycles. The van der Waals surface area contributed by atoms with Crippen LogP contribution >= 0.6 is 0 Å². The van der Waals surface area contributed by atoms with Crippen LogP contribution in [0.25, 0.3) is 0 Å². The predicted molar refractivity (Wildman–Crippen MR) is 99.5 cm³/mol. The van der Waals surface area contributed by atoms with Gasteiger partial charge in [0.05, 0.1) is 13.7 Å². The summed E-state index contributed by atoms with van der Waals surface area (Å²) in [7, 11) is 1.62. The molecule has 0 aromatic heterocycles. The lowest BCUT2D eigenvalue weighted by molar-refractivity contribution is -0.146. The van der Waals surface area contributed by atoms with Crippen LogP contribution in [0.5, 0.6) is 5.75 Å². The topological polar surface area (TPSA) is 65.0 Å². The molecular weight excluding hydrogens is 330 g/mol. The van der Waals surface area contributed by atoms with Gasteiger partial charge in [-0.05, 0) is 43.9 Å². The van der Waals surface area contributed by atoms with E-state index >= 15 is 0 Å². The molecule has 1 unspecified atom stereocenters. The first-order valence-electron chi connectivity index (χ1n) is 9.24. The molecule has 1 aliphatic heterocycles. The van der Waals surface area contributed by atoms with E-state index in [0.717, 1.165) is 35.6 Å². The average Bonchev–Trinajstić information content (AvgIpc) is 2.67. The second-order valence-electron chi connectivity index (χ2n) is 6.57. The zero-order chi connectivity index (χ0) is 18.7. The Morgan fingerprint density at radius 3 is 2.54 bits per heavy atom. The minimum absolute atomic E-state index is 0.0975. The number of allylic oxidation sites excluding steroid dienone is 2. The summed E-state index contributed by atoms with van der Waals surface area (Å²) in [6.45, 7) is 4.09. The van der Waals surface area contributed by atoms with Crippen molar-refractivity contribution in [3.63, 3.8) is 0 Å². The molecule has 138 valence electrons. The minimum Gasteiger partial charge on any atom is -0.497 e. The minimum atomic E-state index is -0.547. The summed E-state index contributed by atoms with van der Waals surface area (Å²) in [6, 6.07) is 7.59. The summed E-state index contributed by atoms with van der Waals surface area (Å²) < 4.78 is 10.6. The van der Waals surface area contributed by atoms with E-state index < -0.39 is 5.92 Å². The number of aliphatic imine (C=N–C) groups is 1. The number of hydrogen-bond donors (Lipinski definition) is 0. The Bertz CT molecular complexity index is 761. The van der Waals surface area contributed by atoms with E-state index in [9.17, 15) is 9.59 Å². The van der Waals surface area contributed by atoms with E-state index in [0.29, 0.717) is 25.0 Å². The lowest BCUT2D eigenvalue weighted by Crippen LogP contribution is -2.38. The Hall–Kier alpha value is -2.43. The van der Waals surface area contributed by atoms with E-state index in [1.807, 2.05) is 31.2 Å². The van der Waals surface area contributed by atoms with Crippen LogP contribution < -0.4 is 4.74 Å². The first kappa shape index (κ1) is 18.4. The normalized spacial score (nSPS) is 22.6. The van der Waals surface area contributed by atoms with Crippen molar-refractivity contribution in [2.45, 2.75) is 45.4 Å². The highest BCUT2D eigenvalue weighted by molar-refractivity contribution is 6.09. The third-order valence-electron chi connectivity index (χ3n) is 5.09. The van der Waals surface area contributed by atoms with Crippen LogP contribution in [0.2, 0.25) is 0 Å². The molecule has 1 aromatic rings. The van der Waals surface area contributed by atoms with E-state index in [2.05, 4.69) is 0 Å². The van der Waals surface area contributed by atoms with Crippen molar-refractivity contribution in [1.29, 1.82) is 0 Å². The number of carbonyl (C=O) groups excluding carboxylic acids is 2. The summed E-state index contributed by atoms with van der Waals surface area (Å²) in [5.41, 5.74) is 3.27. The summed E-state index contributed by atoms with van der Waals surface area (Å²) >= 11 is 0. The average molecular weight is 355 g/mol. The van der Waals surface area contributed by atoms with Gasteiger partial charge in [0, 0.05) is 29.3 Å². The maximum atomic E-state index is 12.8. The second kappa shape index (κ2) is 7.85. The number of ether oxygens (including phenoxy) is 2. The van der Waals surface area contributed by atoms with Crippen molar-refractivity contribution in [3.05, 3.63) is 41.1 Å². The largest absolute Gasteiger partial charge is 0.497 e. The number of ketones is 1. The molecule has 0 saturated carbocycles. The van der Waals surface area contributed by atoms with Crippen LogP contribution in [0.4, 0.5) is 0 Å². The Morgan fingerprint density at radius 1 is 1.19 bits per heavy atom. The molecule has 5 heteroatoms. The molecule has 0 fully saturated rings. The van der Waals surface area contributed by atoms with Gasteiger partial charge < -0.3 is 9.47 Å². The molecule has 3 rings (SSSR count). The van der Waals surface area contributed by atoms with E-state index in [-0.39, 0.29) is 17.7 Å². The van der Waals surface area contributed by atoms with Crippen molar-refractivity contribution in [1.82, 2.24) is 0 Å². The molecule has 2 atom stereocenters. The number of esters is 1. The number of methoxy groups -OCH3 is 1. The van der Waals surface area contributed by atoms with Gasteiger partial charge in [0.15, 0.2) is 5.78 Å². The molecule has 0 bridgehead atoms. The molecule has 0 radical (unpaired) electrons. The smallest absolute Gasteiger partial charge is 0.315 e. The van der Waals surface area contributed by atoms with Gasteiger partial charge in [-0.2, -0.15) is 0 Å². The third kappa shape index (κ3) is 3.30. The number of Topliss-reactive ketones (excluding diaryl/α,β-unsaturated/α-hetero) is 1. The zero-order valence-corrected chi connectivity index (χ0v) is 15.6. The number of carbonyl (C=O) groups is 2. The van der Waals surface area contributed by atoms with Crippen molar-refractivity contribution >= 4 is 17.5 Å². The lowest BCUT2D eigenvalue weighted by Gasteiger charge is -2.35. The number of rotatable bonds is 5. The Kier molecular flexibility index (Phi) is 5.55. The fraction of sp³-hybridized carbons (Fsp3) is 0.476. The first-order valence-corrected chi connectivity index (χ1v) is 9.24. The Balaban J connectivity index is 2.14. The van der Waals surface area contributed by atoms with E-state index in [1.165, 1.54) is 0 Å². The van der Waals surface area contributed by atoms with Gasteiger partial charge in [-0.1, -0.05) is 19.1 Å². The van der Waals surface area contributed by atoms with Crippen LogP contribution in [0.15, 0.2) is 40.5 Å². The summed E-state index contributed by atoms with van der Waals surface area (Å²) in [6.07, 6.45) is 2.77. The van der Waals surface area contributed by atoms with Crippen LogP contribution in [-0.2, 0) is 14.3 Å². The molecular formula is C21H25NO4. The predicted octanol–water partition coefficient (Wildman–Crippen LogP) is 3.83. The monoisotopic (exact) mass is 355 g/mol. The van der Waals surface area contributed by atoms with Crippen molar-refractivity contribution in [3.8, 4) is 5.75 Å². The first-order chi connectivity index (χ1) is 12.6. The quantitative estimate of drug-likeness (QED) is 0.753. The Labute approximate surface area is 154 Å². The van der Waals surface area contributed by atoms with Crippen molar-refractivity contribution < 1.29 is 19.1 Å². The SMILES string of the molecule is CCOC(=O)C1C(CC)=NC2=C(C(=O)CCC2)[C@@H]1c1ccc(OC)cc1. The molecule has 1 aromatic carbocycles. The highest BCUT2D eigenvalue weighted by Gasteiger charge is 2.43. The van der Waals surface area contributed by atoms with E-state index in [4.69, 9.17) is 14.5 Å². The molecule has 0 amide bonds. The fourth-order valence-corrected chi connectivity index (χ4v) is 3.89. The number of hydrogen-bond acceptors (Lipinski definition) is 5. The Morgan fingerprint density at radius 2 is 1.92 bits per heavy atom. The van der Waals surface area contributed by atoms with Gasteiger partial charge in [0.2, 0.25) is 0 Å². The molecule has 0 spiro atoms. The van der Waals surface area contributed by atoms with Crippen LogP contribution in [0.3, 0.4) is 0 Å².